The van der Waals surface area contributed by atoms with E-state index in [2.05, 4.69) is 10.1 Å². The van der Waals surface area contributed by atoms with E-state index in [0.29, 0.717) is 0 Å². The lowest BCUT2D eigenvalue weighted by Crippen LogP contribution is -2.00. The molecule has 0 saturated heterocycles. The Hall–Kier alpha value is -2.14. The van der Waals surface area contributed by atoms with Gasteiger partial charge in [-0.25, -0.2) is 4.98 Å². The Morgan fingerprint density at radius 2 is 2.00 bits per heavy atom. The monoisotopic (exact) mass is 270 g/mol. The van der Waals surface area contributed by atoms with Gasteiger partial charge >= 0.3 is 0 Å². The topological polar surface area (TPSA) is 56.7 Å². The van der Waals surface area contributed by atoms with Gasteiger partial charge in [0, 0.05) is 19.2 Å². The molecule has 3 rings (SSSR count). The molecule has 0 saturated carbocycles. The van der Waals surface area contributed by atoms with Crippen LogP contribution < -0.4 is 5.73 Å². The minimum atomic E-state index is 0.759. The third kappa shape index (κ3) is 2.51. The molecule has 2 aromatic heterocycles. The standard InChI is InChI=1S/C14H14N4S/c1-18-13(9-10-4-6-11(15)7-5-10)16-14(17-18)12-3-2-8-19-12/h2-8H,9,15H2,1H3. The van der Waals surface area contributed by atoms with E-state index >= 15 is 0 Å². The zero-order chi connectivity index (χ0) is 13.2. The summed E-state index contributed by atoms with van der Waals surface area (Å²) in [5.41, 5.74) is 7.65. The Morgan fingerprint density at radius 1 is 1.21 bits per heavy atom. The number of benzene rings is 1. The van der Waals surface area contributed by atoms with Crippen LogP contribution in [0, 0.1) is 0 Å². The van der Waals surface area contributed by atoms with Gasteiger partial charge in [-0.15, -0.1) is 11.3 Å². The van der Waals surface area contributed by atoms with Crippen LogP contribution >= 0.6 is 11.3 Å². The lowest BCUT2D eigenvalue weighted by Gasteiger charge is -2.01. The van der Waals surface area contributed by atoms with E-state index in [4.69, 9.17) is 5.73 Å². The zero-order valence-corrected chi connectivity index (χ0v) is 11.4. The van der Waals surface area contributed by atoms with Gasteiger partial charge in [0.05, 0.1) is 4.88 Å². The summed E-state index contributed by atoms with van der Waals surface area (Å²) < 4.78 is 1.84. The minimum absolute atomic E-state index is 0.759. The second-order valence-corrected chi connectivity index (χ2v) is 5.32. The Balaban J connectivity index is 1.87. The van der Waals surface area contributed by atoms with Gasteiger partial charge in [0.15, 0.2) is 5.82 Å². The molecule has 2 N–H and O–H groups in total. The van der Waals surface area contributed by atoms with Crippen LogP contribution in [-0.2, 0) is 13.5 Å². The molecule has 19 heavy (non-hydrogen) atoms. The first kappa shape index (κ1) is 11.9. The average molecular weight is 270 g/mol. The predicted molar refractivity (Wildman–Crippen MR) is 78.0 cm³/mol. The molecule has 1 aromatic carbocycles. The largest absolute Gasteiger partial charge is 0.399 e. The predicted octanol–water partition coefficient (Wildman–Crippen LogP) is 2.72. The van der Waals surface area contributed by atoms with E-state index in [1.54, 1.807) is 11.3 Å². The summed E-state index contributed by atoms with van der Waals surface area (Å²) >= 11 is 1.65. The van der Waals surface area contributed by atoms with Gasteiger partial charge in [-0.05, 0) is 29.1 Å². The normalized spacial score (nSPS) is 10.8. The third-order valence-corrected chi connectivity index (χ3v) is 3.80. The third-order valence-electron chi connectivity index (χ3n) is 2.94. The molecule has 0 aliphatic carbocycles. The number of nitrogens with zero attached hydrogens (tertiary/aromatic N) is 3. The second kappa shape index (κ2) is 4.85. The van der Waals surface area contributed by atoms with Gasteiger partial charge in [0.2, 0.25) is 0 Å². The number of rotatable bonds is 3. The highest BCUT2D eigenvalue weighted by Crippen LogP contribution is 2.21. The van der Waals surface area contributed by atoms with Gasteiger partial charge < -0.3 is 5.73 Å². The summed E-state index contributed by atoms with van der Waals surface area (Å²) in [6.07, 6.45) is 0.759. The lowest BCUT2D eigenvalue weighted by atomic mass is 10.1. The summed E-state index contributed by atoms with van der Waals surface area (Å²) in [4.78, 5) is 5.70. The molecule has 0 unspecified atom stereocenters. The van der Waals surface area contributed by atoms with Crippen LogP contribution in [0.5, 0.6) is 0 Å². The highest BCUT2D eigenvalue weighted by atomic mass is 32.1. The molecule has 0 bridgehead atoms. The molecule has 0 aliphatic rings. The van der Waals surface area contributed by atoms with Crippen LogP contribution in [0.4, 0.5) is 5.69 Å². The lowest BCUT2D eigenvalue weighted by molar-refractivity contribution is 0.718. The molecule has 0 atom stereocenters. The Morgan fingerprint density at radius 3 is 2.68 bits per heavy atom. The van der Waals surface area contributed by atoms with Crippen molar-refractivity contribution in [3.8, 4) is 10.7 Å². The molecular weight excluding hydrogens is 256 g/mol. The van der Waals surface area contributed by atoms with Crippen LogP contribution in [0.25, 0.3) is 10.7 Å². The number of hydrogen-bond acceptors (Lipinski definition) is 4. The molecule has 2 heterocycles. The molecule has 0 amide bonds. The van der Waals surface area contributed by atoms with E-state index in [0.717, 1.165) is 28.6 Å². The summed E-state index contributed by atoms with van der Waals surface area (Å²) in [7, 11) is 1.93. The number of hydrogen-bond donors (Lipinski definition) is 1. The molecule has 3 aromatic rings. The first-order valence-electron chi connectivity index (χ1n) is 6.00. The van der Waals surface area contributed by atoms with Crippen molar-refractivity contribution in [2.45, 2.75) is 6.42 Å². The maximum atomic E-state index is 5.69. The minimum Gasteiger partial charge on any atom is -0.399 e. The summed E-state index contributed by atoms with van der Waals surface area (Å²) in [5, 5.41) is 6.49. The molecule has 0 aliphatic heterocycles. The van der Waals surface area contributed by atoms with Gasteiger partial charge in [0.25, 0.3) is 0 Å². The second-order valence-electron chi connectivity index (χ2n) is 4.37. The average Bonchev–Trinajstić information content (AvgIpc) is 3.03. The van der Waals surface area contributed by atoms with E-state index < -0.39 is 0 Å². The van der Waals surface area contributed by atoms with Crippen LogP contribution in [0.1, 0.15) is 11.4 Å². The number of aromatic nitrogens is 3. The van der Waals surface area contributed by atoms with Crippen molar-refractivity contribution in [3.63, 3.8) is 0 Å². The molecule has 0 spiro atoms. The molecule has 96 valence electrons. The van der Waals surface area contributed by atoms with Crippen LogP contribution in [0.2, 0.25) is 0 Å². The summed E-state index contributed by atoms with van der Waals surface area (Å²) in [6.45, 7) is 0. The van der Waals surface area contributed by atoms with Crippen LogP contribution in [0.3, 0.4) is 0 Å². The van der Waals surface area contributed by atoms with E-state index in [9.17, 15) is 0 Å². The fourth-order valence-electron chi connectivity index (χ4n) is 1.90. The quantitative estimate of drug-likeness (QED) is 0.744. The number of aryl methyl sites for hydroxylation is 1. The van der Waals surface area contributed by atoms with Crippen molar-refractivity contribution in [1.82, 2.24) is 14.8 Å². The van der Waals surface area contributed by atoms with Gasteiger partial charge in [-0.2, -0.15) is 5.10 Å². The number of thiophene rings is 1. The van der Waals surface area contributed by atoms with Crippen LogP contribution in [-0.4, -0.2) is 14.8 Å². The van der Waals surface area contributed by atoms with Crippen molar-refractivity contribution < 1.29 is 0 Å². The Labute approximate surface area is 115 Å². The van der Waals surface area contributed by atoms with Gasteiger partial charge in [-0.3, -0.25) is 4.68 Å². The molecule has 4 nitrogen and oxygen atoms in total. The number of nitrogen functional groups attached to an aromatic ring is 1. The van der Waals surface area contributed by atoms with Crippen molar-refractivity contribution in [2.24, 2.45) is 7.05 Å². The fourth-order valence-corrected chi connectivity index (χ4v) is 2.55. The summed E-state index contributed by atoms with van der Waals surface area (Å²) in [6, 6.07) is 11.9. The first-order valence-corrected chi connectivity index (χ1v) is 6.88. The zero-order valence-electron chi connectivity index (χ0n) is 10.6. The molecule has 0 fully saturated rings. The first-order chi connectivity index (χ1) is 9.22. The number of anilines is 1. The highest BCUT2D eigenvalue weighted by Gasteiger charge is 2.10. The maximum absolute atomic E-state index is 5.69. The van der Waals surface area contributed by atoms with Gasteiger partial charge in [0.1, 0.15) is 5.82 Å². The maximum Gasteiger partial charge on any atom is 0.191 e. The number of nitrogens with two attached hydrogens (primary N) is 1. The van der Waals surface area contributed by atoms with Crippen molar-refractivity contribution in [2.75, 3.05) is 5.73 Å². The summed E-state index contributed by atoms with van der Waals surface area (Å²) in [5.74, 6) is 1.75. The van der Waals surface area contributed by atoms with Crippen molar-refractivity contribution in [3.05, 3.63) is 53.2 Å². The van der Waals surface area contributed by atoms with Gasteiger partial charge in [-0.1, -0.05) is 18.2 Å². The van der Waals surface area contributed by atoms with E-state index in [1.807, 2.05) is 53.5 Å². The highest BCUT2D eigenvalue weighted by molar-refractivity contribution is 7.13. The smallest absolute Gasteiger partial charge is 0.191 e. The molecule has 5 heteroatoms. The van der Waals surface area contributed by atoms with E-state index in [1.165, 1.54) is 5.56 Å². The van der Waals surface area contributed by atoms with Crippen molar-refractivity contribution in [1.29, 1.82) is 0 Å². The van der Waals surface area contributed by atoms with Crippen LogP contribution in [0.15, 0.2) is 41.8 Å². The van der Waals surface area contributed by atoms with Crippen molar-refractivity contribution >= 4 is 17.0 Å². The Bertz CT molecular complexity index is 668. The van der Waals surface area contributed by atoms with E-state index in [-0.39, 0.29) is 0 Å². The fraction of sp³-hybridized carbons (Fsp3) is 0.143. The Kier molecular flexibility index (Phi) is 3.05. The molecule has 0 radical (unpaired) electrons. The molecular formula is C14H14N4S. The SMILES string of the molecule is Cn1nc(-c2cccs2)nc1Cc1ccc(N)cc1.